The van der Waals surface area contributed by atoms with Crippen LogP contribution in [0.5, 0.6) is 0 Å². The number of halogens is 1. The van der Waals surface area contributed by atoms with Crippen molar-refractivity contribution in [3.05, 3.63) is 78.5 Å². The zero-order valence-electron chi connectivity index (χ0n) is 13.7. The molecule has 4 rings (SSSR count). The third-order valence-corrected chi connectivity index (χ3v) is 4.23. The zero-order valence-corrected chi connectivity index (χ0v) is 13.7. The molecule has 4 nitrogen and oxygen atoms in total. The second kappa shape index (κ2) is 6.11. The molecule has 124 valence electrons. The molecule has 0 saturated carbocycles. The summed E-state index contributed by atoms with van der Waals surface area (Å²) in [6.07, 6.45) is 1.79. The van der Waals surface area contributed by atoms with Gasteiger partial charge in [0.15, 0.2) is 0 Å². The fourth-order valence-electron chi connectivity index (χ4n) is 2.90. The maximum atomic E-state index is 13.4. The highest BCUT2D eigenvalue weighted by Crippen LogP contribution is 2.25. The number of benzene rings is 2. The third kappa shape index (κ3) is 2.90. The smallest absolute Gasteiger partial charge is 0.213 e. The van der Waals surface area contributed by atoms with E-state index in [4.69, 9.17) is 5.73 Å². The number of aromatic nitrogens is 3. The predicted molar refractivity (Wildman–Crippen MR) is 96.9 cm³/mol. The first-order valence-corrected chi connectivity index (χ1v) is 8.08. The number of rotatable bonds is 3. The lowest BCUT2D eigenvalue weighted by atomic mass is 10.1. The molecule has 0 fully saturated rings. The Morgan fingerprint density at radius 2 is 1.88 bits per heavy atom. The largest absolute Gasteiger partial charge is 0.324 e. The number of hydrogen-bond donors (Lipinski definition) is 1. The van der Waals surface area contributed by atoms with Crippen LogP contribution in [-0.4, -0.2) is 14.5 Å². The molecule has 4 aromatic rings. The highest BCUT2D eigenvalue weighted by Gasteiger charge is 2.09. The van der Waals surface area contributed by atoms with E-state index in [0.29, 0.717) is 5.69 Å². The summed E-state index contributed by atoms with van der Waals surface area (Å²) < 4.78 is 15.4. The number of pyridine rings is 1. The summed E-state index contributed by atoms with van der Waals surface area (Å²) in [6.45, 7) is 1.95. The molecule has 0 unspecified atom stereocenters. The van der Waals surface area contributed by atoms with Gasteiger partial charge in [-0.25, -0.2) is 9.97 Å². The average molecular weight is 332 g/mol. The van der Waals surface area contributed by atoms with E-state index in [1.54, 1.807) is 18.5 Å². The number of nitrogens with two attached hydrogens (primary N) is 1. The number of hydrogen-bond acceptors (Lipinski definition) is 3. The standard InChI is InChI=1S/C20H17FN4/c1-13(22)14-8-9-19-18(11-14)23-12-25(19)16-5-2-4-15(10-16)17-6-3-7-20(21)24-17/h2-13H,22H2,1H3/t13-/m0/s1. The van der Waals surface area contributed by atoms with Gasteiger partial charge in [-0.2, -0.15) is 4.39 Å². The molecule has 0 aliphatic heterocycles. The minimum Gasteiger partial charge on any atom is -0.324 e. The molecule has 0 aliphatic rings. The van der Waals surface area contributed by atoms with Crippen LogP contribution in [0.1, 0.15) is 18.5 Å². The van der Waals surface area contributed by atoms with Crippen LogP contribution < -0.4 is 5.73 Å². The van der Waals surface area contributed by atoms with E-state index in [1.807, 2.05) is 54.0 Å². The lowest BCUT2D eigenvalue weighted by molar-refractivity contribution is 0.585. The van der Waals surface area contributed by atoms with Crippen LogP contribution in [0.15, 0.2) is 67.0 Å². The van der Waals surface area contributed by atoms with Crippen LogP contribution in [0.2, 0.25) is 0 Å². The van der Waals surface area contributed by atoms with Gasteiger partial charge in [-0.05, 0) is 48.9 Å². The van der Waals surface area contributed by atoms with Gasteiger partial charge >= 0.3 is 0 Å². The van der Waals surface area contributed by atoms with Gasteiger partial charge in [-0.15, -0.1) is 0 Å². The molecular formula is C20H17FN4. The summed E-state index contributed by atoms with van der Waals surface area (Å²) in [6, 6.07) is 18.6. The minimum atomic E-state index is -0.487. The van der Waals surface area contributed by atoms with Gasteiger partial charge in [0.1, 0.15) is 6.33 Å². The molecule has 0 amide bonds. The first-order valence-electron chi connectivity index (χ1n) is 8.08. The van der Waals surface area contributed by atoms with Crippen LogP contribution in [0.25, 0.3) is 28.0 Å². The molecule has 25 heavy (non-hydrogen) atoms. The monoisotopic (exact) mass is 332 g/mol. The number of nitrogens with zero attached hydrogens (tertiary/aromatic N) is 3. The van der Waals surface area contributed by atoms with E-state index < -0.39 is 5.95 Å². The average Bonchev–Trinajstić information content (AvgIpc) is 3.05. The molecular weight excluding hydrogens is 315 g/mol. The number of imidazole rings is 1. The third-order valence-electron chi connectivity index (χ3n) is 4.23. The SMILES string of the molecule is C[C@H](N)c1ccc2c(c1)ncn2-c1cccc(-c2cccc(F)n2)c1. The Labute approximate surface area is 144 Å². The van der Waals surface area contributed by atoms with Crippen molar-refractivity contribution < 1.29 is 4.39 Å². The fraction of sp³-hybridized carbons (Fsp3) is 0.100. The van der Waals surface area contributed by atoms with Crippen LogP contribution in [0.4, 0.5) is 4.39 Å². The summed E-state index contributed by atoms with van der Waals surface area (Å²) in [4.78, 5) is 8.44. The van der Waals surface area contributed by atoms with Gasteiger partial charge in [0.25, 0.3) is 0 Å². The highest BCUT2D eigenvalue weighted by molar-refractivity contribution is 5.78. The summed E-state index contributed by atoms with van der Waals surface area (Å²) in [5, 5.41) is 0. The van der Waals surface area contributed by atoms with Crippen molar-refractivity contribution in [3.8, 4) is 16.9 Å². The van der Waals surface area contributed by atoms with E-state index in [2.05, 4.69) is 9.97 Å². The normalized spacial score (nSPS) is 12.4. The van der Waals surface area contributed by atoms with E-state index >= 15 is 0 Å². The first-order chi connectivity index (χ1) is 12.1. The van der Waals surface area contributed by atoms with E-state index in [1.165, 1.54) is 6.07 Å². The Morgan fingerprint density at radius 1 is 1.04 bits per heavy atom. The van der Waals surface area contributed by atoms with Crippen molar-refractivity contribution >= 4 is 11.0 Å². The Balaban J connectivity index is 1.80. The highest BCUT2D eigenvalue weighted by atomic mass is 19.1. The molecule has 0 spiro atoms. The van der Waals surface area contributed by atoms with Crippen molar-refractivity contribution in [1.29, 1.82) is 0 Å². The molecule has 2 aromatic heterocycles. The Hall–Kier alpha value is -3.05. The molecule has 2 N–H and O–H groups in total. The van der Waals surface area contributed by atoms with E-state index in [0.717, 1.165) is 27.8 Å². The Kier molecular flexibility index (Phi) is 3.78. The van der Waals surface area contributed by atoms with Crippen LogP contribution in [0, 0.1) is 5.95 Å². The van der Waals surface area contributed by atoms with Gasteiger partial charge in [0, 0.05) is 17.3 Å². The van der Waals surface area contributed by atoms with Gasteiger partial charge in [0.05, 0.1) is 16.7 Å². The lowest BCUT2D eigenvalue weighted by Crippen LogP contribution is -2.04. The summed E-state index contributed by atoms with van der Waals surface area (Å²) >= 11 is 0. The first kappa shape index (κ1) is 15.5. The zero-order chi connectivity index (χ0) is 17.4. The molecule has 0 bridgehead atoms. The van der Waals surface area contributed by atoms with Crippen LogP contribution in [0.3, 0.4) is 0 Å². The summed E-state index contributed by atoms with van der Waals surface area (Å²) in [5.41, 5.74) is 11.3. The molecule has 2 aromatic carbocycles. The Morgan fingerprint density at radius 3 is 2.68 bits per heavy atom. The van der Waals surface area contributed by atoms with E-state index in [9.17, 15) is 4.39 Å². The molecule has 0 radical (unpaired) electrons. The van der Waals surface area contributed by atoms with E-state index in [-0.39, 0.29) is 6.04 Å². The summed E-state index contributed by atoms with van der Waals surface area (Å²) in [5.74, 6) is -0.487. The Bertz CT molecular complexity index is 1050. The van der Waals surface area contributed by atoms with Crippen molar-refractivity contribution in [2.24, 2.45) is 5.73 Å². The van der Waals surface area contributed by atoms with Crippen LogP contribution >= 0.6 is 0 Å². The van der Waals surface area contributed by atoms with Gasteiger partial charge < -0.3 is 5.73 Å². The molecule has 2 heterocycles. The van der Waals surface area contributed by atoms with Crippen molar-refractivity contribution in [2.45, 2.75) is 13.0 Å². The second-order valence-corrected chi connectivity index (χ2v) is 6.05. The molecule has 0 saturated heterocycles. The lowest BCUT2D eigenvalue weighted by Gasteiger charge is -2.09. The number of fused-ring (bicyclic) bond motifs is 1. The van der Waals surface area contributed by atoms with Gasteiger partial charge in [-0.3, -0.25) is 4.57 Å². The van der Waals surface area contributed by atoms with Crippen molar-refractivity contribution in [2.75, 3.05) is 0 Å². The maximum absolute atomic E-state index is 13.4. The fourth-order valence-corrected chi connectivity index (χ4v) is 2.90. The molecule has 5 heteroatoms. The van der Waals surface area contributed by atoms with Gasteiger partial charge in [0.2, 0.25) is 5.95 Å². The summed E-state index contributed by atoms with van der Waals surface area (Å²) in [7, 11) is 0. The van der Waals surface area contributed by atoms with Gasteiger partial charge in [-0.1, -0.05) is 24.3 Å². The maximum Gasteiger partial charge on any atom is 0.213 e. The topological polar surface area (TPSA) is 56.7 Å². The second-order valence-electron chi connectivity index (χ2n) is 6.05. The quantitative estimate of drug-likeness (QED) is 0.571. The van der Waals surface area contributed by atoms with Crippen LogP contribution in [-0.2, 0) is 0 Å². The molecule has 1 atom stereocenters. The predicted octanol–water partition coefficient (Wildman–Crippen LogP) is 4.25. The minimum absolute atomic E-state index is 0.0306. The van der Waals surface area contributed by atoms with Crippen molar-refractivity contribution in [3.63, 3.8) is 0 Å². The molecule has 0 aliphatic carbocycles. The van der Waals surface area contributed by atoms with Crippen molar-refractivity contribution in [1.82, 2.24) is 14.5 Å².